The molecular weight excluding hydrogens is 207 g/mol. The van der Waals surface area contributed by atoms with Crippen LogP contribution in [0.4, 0.5) is 18.9 Å². The van der Waals surface area contributed by atoms with Gasteiger partial charge in [-0.05, 0) is 18.2 Å². The zero-order chi connectivity index (χ0) is 10.9. The number of hydrogen-bond acceptors (Lipinski definition) is 2. The largest absolute Gasteiger partial charge is 0.466 e. The number of ether oxygens (including phenoxy) is 1. The third-order valence-electron chi connectivity index (χ3n) is 1.93. The number of nitrogens with zero attached hydrogens (tertiary/aromatic N) is 1. The molecule has 1 heterocycles. The molecule has 1 aliphatic heterocycles. The molecule has 2 rings (SSSR count). The Morgan fingerprint density at radius 1 is 1.40 bits per heavy atom. The van der Waals surface area contributed by atoms with Crippen LogP contribution in [0.5, 0.6) is 0 Å². The number of alkyl halides is 3. The molecule has 0 saturated heterocycles. The second-order valence-corrected chi connectivity index (χ2v) is 3.00. The highest BCUT2D eigenvalue weighted by Crippen LogP contribution is 2.31. The van der Waals surface area contributed by atoms with Crippen molar-refractivity contribution < 1.29 is 17.9 Å². The highest BCUT2D eigenvalue weighted by atomic mass is 19.4. The Morgan fingerprint density at radius 3 is 2.73 bits per heavy atom. The van der Waals surface area contributed by atoms with Crippen molar-refractivity contribution in [2.75, 3.05) is 11.6 Å². The highest BCUT2D eigenvalue weighted by Gasteiger charge is 2.39. The molecule has 1 aromatic carbocycles. The monoisotopic (exact) mass is 214 g/mol. The van der Waals surface area contributed by atoms with E-state index in [4.69, 9.17) is 0 Å². The fourth-order valence-corrected chi connectivity index (χ4v) is 1.22. The molecule has 0 amide bonds. The van der Waals surface area contributed by atoms with Crippen molar-refractivity contribution in [3.8, 4) is 0 Å². The maximum absolute atomic E-state index is 12.2. The smallest absolute Gasteiger partial charge is 0.450 e. The lowest BCUT2D eigenvalue weighted by Gasteiger charge is -2.12. The van der Waals surface area contributed by atoms with E-state index in [1.165, 1.54) is 4.90 Å². The summed E-state index contributed by atoms with van der Waals surface area (Å²) in [6.07, 6.45) is -3.48. The summed E-state index contributed by atoms with van der Waals surface area (Å²) in [5.74, 6) is -0.966. The highest BCUT2D eigenvalue weighted by molar-refractivity contribution is 5.49. The van der Waals surface area contributed by atoms with E-state index >= 15 is 0 Å². The molecule has 0 bridgehead atoms. The Kier molecular flexibility index (Phi) is 2.30. The molecule has 0 fully saturated rings. The molecule has 0 unspecified atom stereocenters. The van der Waals surface area contributed by atoms with Gasteiger partial charge in [-0.15, -0.1) is 0 Å². The number of benzene rings is 1. The van der Waals surface area contributed by atoms with Gasteiger partial charge in [-0.3, -0.25) is 0 Å². The predicted molar refractivity (Wildman–Crippen MR) is 47.8 cm³/mol. The lowest BCUT2D eigenvalue weighted by atomic mass is 10.3. The van der Waals surface area contributed by atoms with Crippen LogP contribution in [-0.4, -0.2) is 12.9 Å². The van der Waals surface area contributed by atoms with Gasteiger partial charge in [0.05, 0.1) is 6.20 Å². The van der Waals surface area contributed by atoms with E-state index in [2.05, 4.69) is 10.8 Å². The molecule has 5 heteroatoms. The number of halogens is 3. The van der Waals surface area contributed by atoms with Crippen molar-refractivity contribution in [2.24, 2.45) is 0 Å². The zero-order valence-corrected chi connectivity index (χ0v) is 7.58. The fourth-order valence-electron chi connectivity index (χ4n) is 1.22. The first kappa shape index (κ1) is 9.89. The first-order valence-corrected chi connectivity index (χ1v) is 4.22. The van der Waals surface area contributed by atoms with Crippen molar-refractivity contribution >= 4 is 5.69 Å². The van der Waals surface area contributed by atoms with Crippen LogP contribution in [0, 0.1) is 6.07 Å². The van der Waals surface area contributed by atoms with Gasteiger partial charge in [0.25, 0.3) is 0 Å². The summed E-state index contributed by atoms with van der Waals surface area (Å²) in [5, 5.41) is 0. The van der Waals surface area contributed by atoms with E-state index < -0.39 is 11.9 Å². The van der Waals surface area contributed by atoms with Gasteiger partial charge in [0.1, 0.15) is 0 Å². The molecule has 1 aromatic rings. The van der Waals surface area contributed by atoms with Crippen LogP contribution in [0.15, 0.2) is 36.2 Å². The first-order valence-electron chi connectivity index (χ1n) is 4.22. The minimum atomic E-state index is -4.42. The summed E-state index contributed by atoms with van der Waals surface area (Å²) in [6.45, 7) is -0.118. The van der Waals surface area contributed by atoms with E-state index in [0.29, 0.717) is 5.69 Å². The second kappa shape index (κ2) is 3.49. The third kappa shape index (κ3) is 2.06. The molecular formula is C10H7F3NO. The van der Waals surface area contributed by atoms with E-state index in [9.17, 15) is 13.2 Å². The number of anilines is 1. The van der Waals surface area contributed by atoms with E-state index in [0.717, 1.165) is 6.20 Å². The number of allylic oxidation sites excluding steroid dienone is 1. The zero-order valence-electron chi connectivity index (χ0n) is 7.58. The van der Waals surface area contributed by atoms with Gasteiger partial charge in [0, 0.05) is 5.69 Å². The Labute approximate surface area is 84.6 Å². The second-order valence-electron chi connectivity index (χ2n) is 3.00. The van der Waals surface area contributed by atoms with Crippen LogP contribution in [0.2, 0.25) is 0 Å². The molecule has 0 spiro atoms. The van der Waals surface area contributed by atoms with Gasteiger partial charge in [0.2, 0.25) is 5.76 Å². The van der Waals surface area contributed by atoms with Crippen molar-refractivity contribution in [2.45, 2.75) is 6.18 Å². The molecule has 0 N–H and O–H groups in total. The molecule has 0 aromatic heterocycles. The van der Waals surface area contributed by atoms with Gasteiger partial charge >= 0.3 is 6.18 Å². The summed E-state index contributed by atoms with van der Waals surface area (Å²) in [7, 11) is 0. The molecule has 79 valence electrons. The molecule has 0 saturated carbocycles. The van der Waals surface area contributed by atoms with E-state index in [1.54, 1.807) is 24.3 Å². The molecule has 1 aliphatic rings. The van der Waals surface area contributed by atoms with Gasteiger partial charge in [-0.25, -0.2) is 0 Å². The molecule has 0 atom stereocenters. The normalized spacial score (nSPS) is 16.2. The van der Waals surface area contributed by atoms with Crippen LogP contribution in [0.1, 0.15) is 0 Å². The van der Waals surface area contributed by atoms with Crippen molar-refractivity contribution in [1.29, 1.82) is 0 Å². The fraction of sp³-hybridized carbons (Fsp3) is 0.200. The first-order chi connectivity index (χ1) is 7.07. The van der Waals surface area contributed by atoms with Gasteiger partial charge in [0.15, 0.2) is 6.73 Å². The topological polar surface area (TPSA) is 12.5 Å². The van der Waals surface area contributed by atoms with Gasteiger partial charge in [-0.1, -0.05) is 12.1 Å². The van der Waals surface area contributed by atoms with Crippen LogP contribution in [0.3, 0.4) is 0 Å². The van der Waals surface area contributed by atoms with E-state index in [1.807, 2.05) is 0 Å². The minimum Gasteiger partial charge on any atom is -0.466 e. The standard InChI is InChI=1S/C10H7F3NO/c11-10(12,13)9-6-14(7-15-9)8-4-2-1-3-5-8/h1-2,4-6H,7H2. The molecule has 0 aliphatic carbocycles. The van der Waals surface area contributed by atoms with Crippen molar-refractivity contribution in [3.63, 3.8) is 0 Å². The third-order valence-corrected chi connectivity index (χ3v) is 1.93. The van der Waals surface area contributed by atoms with Gasteiger partial charge < -0.3 is 9.64 Å². The summed E-state index contributed by atoms with van der Waals surface area (Å²) < 4.78 is 41.2. The molecule has 2 nitrogen and oxygen atoms in total. The summed E-state index contributed by atoms with van der Waals surface area (Å²) in [5.41, 5.74) is 0.622. The van der Waals surface area contributed by atoms with Crippen LogP contribution in [-0.2, 0) is 4.74 Å². The van der Waals surface area contributed by atoms with Crippen LogP contribution < -0.4 is 4.90 Å². The summed E-state index contributed by atoms with van der Waals surface area (Å²) in [4.78, 5) is 1.37. The summed E-state index contributed by atoms with van der Waals surface area (Å²) >= 11 is 0. The SMILES string of the molecule is FC(F)(F)C1=CN(c2c[c]ccc2)CO1. The Bertz CT molecular complexity index is 372. The van der Waals surface area contributed by atoms with Crippen LogP contribution in [0.25, 0.3) is 0 Å². The Morgan fingerprint density at radius 2 is 2.20 bits per heavy atom. The average Bonchev–Trinajstić information content (AvgIpc) is 2.67. The van der Waals surface area contributed by atoms with Gasteiger partial charge in [-0.2, -0.15) is 13.2 Å². The Balaban J connectivity index is 2.20. The van der Waals surface area contributed by atoms with Crippen LogP contribution >= 0.6 is 0 Å². The summed E-state index contributed by atoms with van der Waals surface area (Å²) in [6, 6.07) is 9.45. The average molecular weight is 214 g/mol. The number of rotatable bonds is 1. The minimum absolute atomic E-state index is 0.118. The lowest BCUT2D eigenvalue weighted by molar-refractivity contribution is -0.126. The Hall–Kier alpha value is -1.65. The molecule has 15 heavy (non-hydrogen) atoms. The maximum Gasteiger partial charge on any atom is 0.450 e. The molecule has 1 radical (unpaired) electrons. The van der Waals surface area contributed by atoms with Crippen molar-refractivity contribution in [1.82, 2.24) is 0 Å². The van der Waals surface area contributed by atoms with Crippen molar-refractivity contribution in [3.05, 3.63) is 42.3 Å². The predicted octanol–water partition coefficient (Wildman–Crippen LogP) is 2.68. The maximum atomic E-state index is 12.2. The van der Waals surface area contributed by atoms with E-state index in [-0.39, 0.29) is 6.73 Å². The lowest BCUT2D eigenvalue weighted by Crippen LogP contribution is -2.12. The quantitative estimate of drug-likeness (QED) is 0.712. The number of hydrogen-bond donors (Lipinski definition) is 0.